The molecule has 0 saturated carbocycles. The zero-order valence-electron chi connectivity index (χ0n) is 9.04. The molecule has 86 valence electrons. The summed E-state index contributed by atoms with van der Waals surface area (Å²) in [5.41, 5.74) is 3.50. The van der Waals surface area contributed by atoms with Gasteiger partial charge in [0.1, 0.15) is 0 Å². The van der Waals surface area contributed by atoms with Gasteiger partial charge in [0.25, 0.3) is 0 Å². The van der Waals surface area contributed by atoms with E-state index in [4.69, 9.17) is 0 Å². The van der Waals surface area contributed by atoms with E-state index >= 15 is 0 Å². The average molecular weight is 245 g/mol. The molecule has 0 spiro atoms. The van der Waals surface area contributed by atoms with Crippen molar-refractivity contribution >= 4 is 23.3 Å². The molecule has 0 aliphatic rings. The van der Waals surface area contributed by atoms with E-state index in [-0.39, 0.29) is 5.91 Å². The van der Waals surface area contributed by atoms with Crippen molar-refractivity contribution in [2.75, 3.05) is 0 Å². The van der Waals surface area contributed by atoms with E-state index in [0.29, 0.717) is 6.54 Å². The SMILES string of the molecule is O=C(/C=C/c1cscn1)NCc1cccnc1. The first-order chi connectivity index (χ1) is 8.34. The van der Waals surface area contributed by atoms with E-state index in [1.807, 2.05) is 17.5 Å². The van der Waals surface area contributed by atoms with Crippen molar-refractivity contribution in [3.63, 3.8) is 0 Å². The molecule has 4 nitrogen and oxygen atoms in total. The molecule has 2 aromatic heterocycles. The number of pyridine rings is 1. The molecule has 2 heterocycles. The molecule has 0 fully saturated rings. The number of carbonyl (C=O) groups excluding carboxylic acids is 1. The minimum atomic E-state index is -0.137. The summed E-state index contributed by atoms with van der Waals surface area (Å²) < 4.78 is 0. The standard InChI is InChI=1S/C12H11N3OS/c16-12(4-3-11-8-17-9-15-11)14-7-10-2-1-5-13-6-10/h1-6,8-9H,7H2,(H,14,16)/b4-3+. The first-order valence-corrected chi connectivity index (χ1v) is 6.02. The smallest absolute Gasteiger partial charge is 0.244 e. The monoisotopic (exact) mass is 245 g/mol. The second-order valence-corrected chi connectivity index (χ2v) is 4.04. The van der Waals surface area contributed by atoms with Crippen LogP contribution in [-0.4, -0.2) is 15.9 Å². The van der Waals surface area contributed by atoms with E-state index in [1.54, 1.807) is 24.0 Å². The summed E-state index contributed by atoms with van der Waals surface area (Å²) in [4.78, 5) is 19.5. The van der Waals surface area contributed by atoms with E-state index in [9.17, 15) is 4.79 Å². The van der Waals surface area contributed by atoms with Crippen molar-refractivity contribution in [2.45, 2.75) is 6.54 Å². The largest absolute Gasteiger partial charge is 0.348 e. The lowest BCUT2D eigenvalue weighted by Crippen LogP contribution is -2.20. The van der Waals surface area contributed by atoms with E-state index in [1.165, 1.54) is 17.4 Å². The summed E-state index contributed by atoms with van der Waals surface area (Å²) in [6.07, 6.45) is 6.60. The Balaban J connectivity index is 1.82. The molecule has 2 rings (SSSR count). The Morgan fingerprint density at radius 3 is 3.18 bits per heavy atom. The summed E-state index contributed by atoms with van der Waals surface area (Å²) in [7, 11) is 0. The highest BCUT2D eigenvalue weighted by Crippen LogP contribution is 2.02. The van der Waals surface area contributed by atoms with Crippen molar-refractivity contribution in [2.24, 2.45) is 0 Å². The van der Waals surface area contributed by atoms with Gasteiger partial charge in [0.05, 0.1) is 11.2 Å². The number of nitrogens with zero attached hydrogens (tertiary/aromatic N) is 2. The molecule has 17 heavy (non-hydrogen) atoms. The first kappa shape index (κ1) is 11.5. The number of aromatic nitrogens is 2. The summed E-state index contributed by atoms with van der Waals surface area (Å²) in [6, 6.07) is 3.75. The van der Waals surface area contributed by atoms with E-state index < -0.39 is 0 Å². The van der Waals surface area contributed by atoms with Crippen LogP contribution in [0.4, 0.5) is 0 Å². The highest BCUT2D eigenvalue weighted by Gasteiger charge is 1.96. The summed E-state index contributed by atoms with van der Waals surface area (Å²) in [5.74, 6) is -0.137. The Labute approximate surface area is 103 Å². The molecule has 0 aliphatic heterocycles. The van der Waals surface area contributed by atoms with Gasteiger partial charge < -0.3 is 5.32 Å². The maximum atomic E-state index is 11.5. The fourth-order valence-electron chi connectivity index (χ4n) is 1.22. The molecule has 0 aliphatic carbocycles. The Hall–Kier alpha value is -2.01. The maximum Gasteiger partial charge on any atom is 0.244 e. The minimum absolute atomic E-state index is 0.137. The molecule has 2 aromatic rings. The fraction of sp³-hybridized carbons (Fsp3) is 0.0833. The van der Waals surface area contributed by atoms with Crippen LogP contribution in [0.1, 0.15) is 11.3 Å². The van der Waals surface area contributed by atoms with Crippen LogP contribution in [0.25, 0.3) is 6.08 Å². The fourth-order valence-corrected chi connectivity index (χ4v) is 1.74. The number of hydrogen-bond acceptors (Lipinski definition) is 4. The molecule has 1 amide bonds. The highest BCUT2D eigenvalue weighted by molar-refractivity contribution is 7.07. The zero-order valence-corrected chi connectivity index (χ0v) is 9.85. The van der Waals surface area contributed by atoms with Gasteiger partial charge in [0, 0.05) is 30.4 Å². The summed E-state index contributed by atoms with van der Waals surface area (Å²) >= 11 is 1.50. The average Bonchev–Trinajstić information content (AvgIpc) is 2.88. The van der Waals surface area contributed by atoms with Crippen LogP contribution in [0.3, 0.4) is 0 Å². The van der Waals surface area contributed by atoms with E-state index in [0.717, 1.165) is 11.3 Å². The number of rotatable bonds is 4. The van der Waals surface area contributed by atoms with Crippen LogP contribution in [0.5, 0.6) is 0 Å². The lowest BCUT2D eigenvalue weighted by molar-refractivity contribution is -0.116. The third-order valence-corrected chi connectivity index (χ3v) is 2.65. The normalized spacial score (nSPS) is 10.6. The molecule has 0 atom stereocenters. The lowest BCUT2D eigenvalue weighted by Gasteiger charge is -2.00. The molecule has 1 N–H and O–H groups in total. The van der Waals surface area contributed by atoms with Gasteiger partial charge in [-0.2, -0.15) is 0 Å². The number of amides is 1. The molecule has 0 radical (unpaired) electrons. The van der Waals surface area contributed by atoms with Crippen LogP contribution >= 0.6 is 11.3 Å². The van der Waals surface area contributed by atoms with Gasteiger partial charge in [0.15, 0.2) is 0 Å². The third-order valence-electron chi connectivity index (χ3n) is 2.05. The Morgan fingerprint density at radius 2 is 2.47 bits per heavy atom. The third kappa shape index (κ3) is 3.81. The molecule has 0 saturated heterocycles. The van der Waals surface area contributed by atoms with Gasteiger partial charge in [-0.15, -0.1) is 11.3 Å². The van der Waals surface area contributed by atoms with Gasteiger partial charge in [-0.25, -0.2) is 4.98 Å². The van der Waals surface area contributed by atoms with Gasteiger partial charge in [-0.3, -0.25) is 9.78 Å². The van der Waals surface area contributed by atoms with Crippen molar-refractivity contribution in [3.05, 3.63) is 52.8 Å². The second-order valence-electron chi connectivity index (χ2n) is 3.33. The Bertz CT molecular complexity index is 494. The summed E-state index contributed by atoms with van der Waals surface area (Å²) in [5, 5.41) is 4.65. The molecule has 0 aromatic carbocycles. The van der Waals surface area contributed by atoms with Crippen molar-refractivity contribution < 1.29 is 4.79 Å². The maximum absolute atomic E-state index is 11.5. The molecule has 0 unspecified atom stereocenters. The van der Waals surface area contributed by atoms with Crippen molar-refractivity contribution in [1.82, 2.24) is 15.3 Å². The number of hydrogen-bond donors (Lipinski definition) is 1. The second kappa shape index (κ2) is 5.91. The molecule has 5 heteroatoms. The van der Waals surface area contributed by atoms with Crippen LogP contribution in [0.15, 0.2) is 41.5 Å². The highest BCUT2D eigenvalue weighted by atomic mass is 32.1. The Kier molecular flexibility index (Phi) is 3.99. The first-order valence-electron chi connectivity index (χ1n) is 5.07. The van der Waals surface area contributed by atoms with Gasteiger partial charge in [-0.1, -0.05) is 6.07 Å². The lowest BCUT2D eigenvalue weighted by atomic mass is 10.3. The molecule has 0 bridgehead atoms. The molecular formula is C12H11N3OS. The van der Waals surface area contributed by atoms with Crippen LogP contribution < -0.4 is 5.32 Å². The quantitative estimate of drug-likeness (QED) is 0.837. The Morgan fingerprint density at radius 1 is 1.53 bits per heavy atom. The topological polar surface area (TPSA) is 54.9 Å². The van der Waals surface area contributed by atoms with Crippen molar-refractivity contribution in [1.29, 1.82) is 0 Å². The number of nitrogens with one attached hydrogen (secondary N) is 1. The molecular weight excluding hydrogens is 234 g/mol. The number of thiazole rings is 1. The minimum Gasteiger partial charge on any atom is -0.348 e. The van der Waals surface area contributed by atoms with Crippen LogP contribution in [-0.2, 0) is 11.3 Å². The predicted octanol–water partition coefficient (Wildman–Crippen LogP) is 1.87. The summed E-state index contributed by atoms with van der Waals surface area (Å²) in [6.45, 7) is 0.480. The van der Waals surface area contributed by atoms with Gasteiger partial charge in [0.2, 0.25) is 5.91 Å². The van der Waals surface area contributed by atoms with Crippen LogP contribution in [0, 0.1) is 0 Å². The van der Waals surface area contributed by atoms with E-state index in [2.05, 4.69) is 15.3 Å². The van der Waals surface area contributed by atoms with Crippen LogP contribution in [0.2, 0.25) is 0 Å². The van der Waals surface area contributed by atoms with Crippen molar-refractivity contribution in [3.8, 4) is 0 Å². The predicted molar refractivity (Wildman–Crippen MR) is 67.2 cm³/mol. The number of carbonyl (C=O) groups is 1. The van der Waals surface area contributed by atoms with Gasteiger partial charge >= 0.3 is 0 Å². The van der Waals surface area contributed by atoms with Gasteiger partial charge in [-0.05, 0) is 17.7 Å². The zero-order chi connectivity index (χ0) is 11.9.